The van der Waals surface area contributed by atoms with Gasteiger partial charge in [-0.2, -0.15) is 0 Å². The van der Waals surface area contributed by atoms with Gasteiger partial charge in [-0.05, 0) is 72.7 Å². The van der Waals surface area contributed by atoms with Gasteiger partial charge in [0, 0.05) is 22.2 Å². The van der Waals surface area contributed by atoms with Crippen LogP contribution in [0.25, 0.3) is 0 Å². The van der Waals surface area contributed by atoms with Gasteiger partial charge in [-0.3, -0.25) is 4.79 Å². The van der Waals surface area contributed by atoms with E-state index in [1.165, 1.54) is 0 Å². The molecule has 1 unspecified atom stereocenters. The van der Waals surface area contributed by atoms with Crippen LogP contribution in [0.15, 0.2) is 48.5 Å². The van der Waals surface area contributed by atoms with E-state index in [9.17, 15) is 9.59 Å². The van der Waals surface area contributed by atoms with E-state index in [2.05, 4.69) is 33.0 Å². The summed E-state index contributed by atoms with van der Waals surface area (Å²) in [6.45, 7) is 8.76. The van der Waals surface area contributed by atoms with Gasteiger partial charge in [0.25, 0.3) is 5.91 Å². The molecule has 0 bridgehead atoms. The van der Waals surface area contributed by atoms with E-state index in [0.29, 0.717) is 40.1 Å². The topological polar surface area (TPSA) is 55.4 Å². The zero-order chi connectivity index (χ0) is 22.3. The predicted molar refractivity (Wildman–Crippen MR) is 122 cm³/mol. The summed E-state index contributed by atoms with van der Waals surface area (Å²) in [6, 6.07) is 13.4. The minimum absolute atomic E-state index is 0.154. The van der Waals surface area contributed by atoms with Crippen molar-refractivity contribution in [1.82, 2.24) is 5.32 Å². The molecule has 1 atom stereocenters. The lowest BCUT2D eigenvalue weighted by Crippen LogP contribution is -2.37. The van der Waals surface area contributed by atoms with Crippen LogP contribution in [-0.2, 0) is 4.74 Å². The minimum Gasteiger partial charge on any atom is -0.459 e. The second-order valence-corrected chi connectivity index (χ2v) is 9.59. The third-order valence-electron chi connectivity index (χ3n) is 4.70. The SMILES string of the molecule is CC(C)CC(CC(C)(C)CNC(=O)c1ccc(Cl)cc1)OC(=O)c1ccc(Cl)cc1. The van der Waals surface area contributed by atoms with Crippen LogP contribution < -0.4 is 5.32 Å². The lowest BCUT2D eigenvalue weighted by atomic mass is 9.84. The number of carbonyl (C=O) groups is 2. The Kier molecular flexibility index (Phi) is 8.75. The van der Waals surface area contributed by atoms with Crippen molar-refractivity contribution in [1.29, 1.82) is 0 Å². The first-order valence-electron chi connectivity index (χ1n) is 10.1. The first-order chi connectivity index (χ1) is 14.1. The fourth-order valence-electron chi connectivity index (χ4n) is 3.22. The third kappa shape index (κ3) is 8.00. The Labute approximate surface area is 188 Å². The molecule has 1 N–H and O–H groups in total. The highest BCUT2D eigenvalue weighted by Crippen LogP contribution is 2.27. The molecule has 0 spiro atoms. The summed E-state index contributed by atoms with van der Waals surface area (Å²) in [5, 5.41) is 4.13. The van der Waals surface area contributed by atoms with E-state index in [1.54, 1.807) is 48.5 Å². The second-order valence-electron chi connectivity index (χ2n) is 8.72. The maximum Gasteiger partial charge on any atom is 0.338 e. The van der Waals surface area contributed by atoms with Crippen LogP contribution >= 0.6 is 23.2 Å². The monoisotopic (exact) mass is 449 g/mol. The van der Waals surface area contributed by atoms with Crippen LogP contribution in [0.5, 0.6) is 0 Å². The predicted octanol–water partition coefficient (Wildman–Crippen LogP) is 6.41. The van der Waals surface area contributed by atoms with E-state index in [1.807, 2.05) is 0 Å². The zero-order valence-corrected chi connectivity index (χ0v) is 19.4. The smallest absolute Gasteiger partial charge is 0.338 e. The lowest BCUT2D eigenvalue weighted by molar-refractivity contribution is 0.0127. The van der Waals surface area contributed by atoms with Gasteiger partial charge >= 0.3 is 5.97 Å². The highest BCUT2D eigenvalue weighted by molar-refractivity contribution is 6.31. The molecule has 2 aromatic rings. The van der Waals surface area contributed by atoms with Crippen molar-refractivity contribution in [3.63, 3.8) is 0 Å². The quantitative estimate of drug-likeness (QED) is 0.449. The number of halogens is 2. The van der Waals surface area contributed by atoms with E-state index in [4.69, 9.17) is 27.9 Å². The summed E-state index contributed by atoms with van der Waals surface area (Å²) in [5.74, 6) is -0.149. The van der Waals surface area contributed by atoms with Gasteiger partial charge in [0.05, 0.1) is 5.56 Å². The van der Waals surface area contributed by atoms with Gasteiger partial charge in [-0.25, -0.2) is 4.79 Å². The van der Waals surface area contributed by atoms with Crippen LogP contribution in [0.3, 0.4) is 0 Å². The molecule has 0 heterocycles. The summed E-state index contributed by atoms with van der Waals surface area (Å²) in [6.07, 6.45) is 1.12. The number of nitrogens with one attached hydrogen (secondary N) is 1. The molecule has 2 aromatic carbocycles. The summed E-state index contributed by atoms with van der Waals surface area (Å²) >= 11 is 11.8. The normalized spacial score (nSPS) is 12.5. The highest BCUT2D eigenvalue weighted by atomic mass is 35.5. The summed E-state index contributed by atoms with van der Waals surface area (Å²) in [7, 11) is 0. The average molecular weight is 450 g/mol. The van der Waals surface area contributed by atoms with Crippen LogP contribution in [-0.4, -0.2) is 24.5 Å². The molecule has 0 aromatic heterocycles. The molecule has 0 aliphatic carbocycles. The molecule has 0 saturated carbocycles. The van der Waals surface area contributed by atoms with Crippen molar-refractivity contribution in [2.45, 2.75) is 46.6 Å². The van der Waals surface area contributed by atoms with Crippen molar-refractivity contribution >= 4 is 35.1 Å². The molecule has 4 nitrogen and oxygen atoms in total. The lowest BCUT2D eigenvalue weighted by Gasteiger charge is -2.30. The number of hydrogen-bond acceptors (Lipinski definition) is 3. The maximum atomic E-state index is 12.6. The average Bonchev–Trinajstić information content (AvgIpc) is 2.66. The standard InChI is InChI=1S/C24H29Cl2NO3/c1-16(2)13-21(30-23(29)18-7-11-20(26)12-8-18)14-24(3,4)15-27-22(28)17-5-9-19(25)10-6-17/h5-12,16,21H,13-15H2,1-4H3,(H,27,28). The molecule has 0 saturated heterocycles. The van der Waals surface area contributed by atoms with Gasteiger partial charge in [-0.1, -0.05) is 50.9 Å². The van der Waals surface area contributed by atoms with Gasteiger partial charge in [-0.15, -0.1) is 0 Å². The van der Waals surface area contributed by atoms with Crippen molar-refractivity contribution in [2.24, 2.45) is 11.3 Å². The van der Waals surface area contributed by atoms with Crippen molar-refractivity contribution in [3.05, 3.63) is 69.7 Å². The highest BCUT2D eigenvalue weighted by Gasteiger charge is 2.27. The van der Waals surface area contributed by atoms with Gasteiger partial charge in [0.1, 0.15) is 6.10 Å². The maximum absolute atomic E-state index is 12.6. The molecular weight excluding hydrogens is 421 g/mol. The Morgan fingerprint density at radius 3 is 1.93 bits per heavy atom. The molecule has 1 amide bonds. The number of rotatable bonds is 9. The number of hydrogen-bond donors (Lipinski definition) is 1. The minimum atomic E-state index is -0.363. The molecule has 0 radical (unpaired) electrons. The zero-order valence-electron chi connectivity index (χ0n) is 17.9. The number of amides is 1. The molecule has 6 heteroatoms. The number of esters is 1. The number of ether oxygens (including phenoxy) is 1. The van der Waals surface area contributed by atoms with Crippen molar-refractivity contribution < 1.29 is 14.3 Å². The van der Waals surface area contributed by atoms with E-state index in [-0.39, 0.29) is 23.4 Å². The van der Waals surface area contributed by atoms with Crippen LogP contribution in [0.1, 0.15) is 61.3 Å². The van der Waals surface area contributed by atoms with Crippen molar-refractivity contribution in [2.75, 3.05) is 6.54 Å². The fourth-order valence-corrected chi connectivity index (χ4v) is 3.47. The van der Waals surface area contributed by atoms with Gasteiger partial charge in [0.15, 0.2) is 0 Å². The van der Waals surface area contributed by atoms with Crippen LogP contribution in [0, 0.1) is 11.3 Å². The largest absolute Gasteiger partial charge is 0.459 e. The van der Waals surface area contributed by atoms with E-state index in [0.717, 1.165) is 6.42 Å². The Balaban J connectivity index is 1.98. The van der Waals surface area contributed by atoms with Crippen molar-refractivity contribution in [3.8, 4) is 0 Å². The first-order valence-corrected chi connectivity index (χ1v) is 10.8. The summed E-state index contributed by atoms with van der Waals surface area (Å²) in [5.41, 5.74) is 0.771. The second kappa shape index (κ2) is 10.8. The van der Waals surface area contributed by atoms with Gasteiger partial charge in [0.2, 0.25) is 0 Å². The Bertz CT molecular complexity index is 846. The molecular formula is C24H29Cl2NO3. The molecule has 162 valence electrons. The number of benzene rings is 2. The Morgan fingerprint density at radius 2 is 1.43 bits per heavy atom. The molecule has 30 heavy (non-hydrogen) atoms. The number of carbonyl (C=O) groups excluding carboxylic acids is 2. The Morgan fingerprint density at radius 1 is 0.933 bits per heavy atom. The summed E-state index contributed by atoms with van der Waals surface area (Å²) in [4.78, 5) is 25.0. The van der Waals surface area contributed by atoms with Crippen LogP contribution in [0.2, 0.25) is 10.0 Å². The first kappa shape index (κ1) is 24.2. The molecule has 0 aliphatic heterocycles. The van der Waals surface area contributed by atoms with Crippen LogP contribution in [0.4, 0.5) is 0 Å². The van der Waals surface area contributed by atoms with E-state index >= 15 is 0 Å². The van der Waals surface area contributed by atoms with E-state index < -0.39 is 0 Å². The molecule has 0 aliphatic rings. The summed E-state index contributed by atoms with van der Waals surface area (Å²) < 4.78 is 5.82. The molecule has 2 rings (SSSR count). The Hall–Kier alpha value is -2.04. The third-order valence-corrected chi connectivity index (χ3v) is 5.21. The fraction of sp³-hybridized carbons (Fsp3) is 0.417. The molecule has 0 fully saturated rings. The van der Waals surface area contributed by atoms with Gasteiger partial charge < -0.3 is 10.1 Å².